The second-order valence-electron chi connectivity index (χ2n) is 8.90. The Balaban J connectivity index is 1.32. The molecule has 1 N–H and O–H groups in total. The van der Waals surface area contributed by atoms with Crippen molar-refractivity contribution in [3.05, 3.63) is 70.3 Å². The van der Waals surface area contributed by atoms with E-state index in [1.807, 2.05) is 54.3 Å². The second-order valence-corrected chi connectivity index (χ2v) is 8.90. The third-order valence-electron chi connectivity index (χ3n) is 6.60. The Kier molecular flexibility index (Phi) is 5.36. The van der Waals surface area contributed by atoms with E-state index in [0.29, 0.717) is 36.0 Å². The number of aromatic nitrogens is 2. The Morgan fingerprint density at radius 2 is 1.76 bits per heavy atom. The lowest BCUT2D eigenvalue weighted by Crippen LogP contribution is -2.48. The molecule has 2 aromatic carbocycles. The van der Waals surface area contributed by atoms with E-state index in [-0.39, 0.29) is 29.5 Å². The van der Waals surface area contributed by atoms with E-state index in [1.165, 1.54) is 0 Å². The first kappa shape index (κ1) is 21.2. The average molecular weight is 446 g/mol. The third-order valence-corrected chi connectivity index (χ3v) is 6.60. The summed E-state index contributed by atoms with van der Waals surface area (Å²) in [6.45, 7) is 6.39. The minimum Gasteiger partial charge on any atom is -0.368 e. The number of nitrogens with one attached hydrogen (secondary N) is 1. The zero-order valence-corrected chi connectivity index (χ0v) is 18.8. The quantitative estimate of drug-likeness (QED) is 0.665. The Morgan fingerprint density at radius 3 is 2.45 bits per heavy atom. The SMILES string of the molecule is CC(=O)N1CCN(c2ccc3ncn(C4CC4NC(=O)c4ccc(C)cc4)c(=O)c3c2)CC1. The highest BCUT2D eigenvalue weighted by molar-refractivity contribution is 5.94. The maximum absolute atomic E-state index is 13.3. The fourth-order valence-corrected chi connectivity index (χ4v) is 4.44. The van der Waals surface area contributed by atoms with Gasteiger partial charge in [-0.05, 0) is 43.7 Å². The molecule has 2 heterocycles. The van der Waals surface area contributed by atoms with Gasteiger partial charge in [0.15, 0.2) is 0 Å². The topological polar surface area (TPSA) is 87.5 Å². The molecule has 2 aliphatic rings. The van der Waals surface area contributed by atoms with Crippen LogP contribution in [0.2, 0.25) is 0 Å². The van der Waals surface area contributed by atoms with Gasteiger partial charge in [-0.25, -0.2) is 4.98 Å². The van der Waals surface area contributed by atoms with Crippen LogP contribution in [0.3, 0.4) is 0 Å². The van der Waals surface area contributed by atoms with Gasteiger partial charge in [0.2, 0.25) is 5.91 Å². The molecular weight excluding hydrogens is 418 g/mol. The maximum Gasteiger partial charge on any atom is 0.261 e. The fourth-order valence-electron chi connectivity index (χ4n) is 4.44. The largest absolute Gasteiger partial charge is 0.368 e. The van der Waals surface area contributed by atoms with Crippen LogP contribution in [0.5, 0.6) is 0 Å². The van der Waals surface area contributed by atoms with Crippen molar-refractivity contribution in [2.24, 2.45) is 0 Å². The van der Waals surface area contributed by atoms with Crippen LogP contribution in [0.4, 0.5) is 5.69 Å². The molecule has 1 aliphatic heterocycles. The number of hydrogen-bond acceptors (Lipinski definition) is 5. The molecule has 1 saturated carbocycles. The zero-order valence-electron chi connectivity index (χ0n) is 18.8. The maximum atomic E-state index is 13.3. The van der Waals surface area contributed by atoms with Gasteiger partial charge in [-0.3, -0.25) is 19.0 Å². The Morgan fingerprint density at radius 1 is 1.03 bits per heavy atom. The van der Waals surface area contributed by atoms with E-state index in [2.05, 4.69) is 15.2 Å². The zero-order chi connectivity index (χ0) is 23.1. The molecule has 2 amide bonds. The van der Waals surface area contributed by atoms with Crippen LogP contribution in [0.15, 0.2) is 53.6 Å². The highest BCUT2D eigenvalue weighted by atomic mass is 16.2. The first-order valence-corrected chi connectivity index (χ1v) is 11.3. The molecule has 5 rings (SSSR count). The summed E-state index contributed by atoms with van der Waals surface area (Å²) in [5.41, 5.74) is 3.24. The Hall–Kier alpha value is -3.68. The van der Waals surface area contributed by atoms with Gasteiger partial charge >= 0.3 is 0 Å². The van der Waals surface area contributed by atoms with Crippen LogP contribution >= 0.6 is 0 Å². The molecule has 0 bridgehead atoms. The van der Waals surface area contributed by atoms with E-state index < -0.39 is 0 Å². The number of carbonyl (C=O) groups excluding carboxylic acids is 2. The summed E-state index contributed by atoms with van der Waals surface area (Å²) >= 11 is 0. The summed E-state index contributed by atoms with van der Waals surface area (Å²) < 4.78 is 1.64. The van der Waals surface area contributed by atoms with Gasteiger partial charge in [0, 0.05) is 44.4 Å². The molecule has 8 nitrogen and oxygen atoms in total. The van der Waals surface area contributed by atoms with Gasteiger partial charge in [0.1, 0.15) is 0 Å². The normalized spacial score (nSPS) is 20.1. The molecule has 2 atom stereocenters. The van der Waals surface area contributed by atoms with Gasteiger partial charge in [-0.2, -0.15) is 0 Å². The Labute approximate surface area is 191 Å². The Bertz CT molecular complexity index is 1280. The van der Waals surface area contributed by atoms with Crippen molar-refractivity contribution in [1.29, 1.82) is 0 Å². The molecule has 1 saturated heterocycles. The monoisotopic (exact) mass is 445 g/mol. The number of hydrogen-bond donors (Lipinski definition) is 1. The molecule has 1 aromatic heterocycles. The minimum atomic E-state index is -0.128. The number of nitrogens with zero attached hydrogens (tertiary/aromatic N) is 4. The van der Waals surface area contributed by atoms with Crippen molar-refractivity contribution in [2.45, 2.75) is 32.4 Å². The van der Waals surface area contributed by atoms with Gasteiger partial charge in [-0.15, -0.1) is 0 Å². The van der Waals surface area contributed by atoms with Crippen LogP contribution in [-0.4, -0.2) is 58.5 Å². The van der Waals surface area contributed by atoms with Crippen molar-refractivity contribution < 1.29 is 9.59 Å². The average Bonchev–Trinajstić information content (AvgIpc) is 3.58. The number of piperazine rings is 1. The lowest BCUT2D eigenvalue weighted by Gasteiger charge is -2.35. The fraction of sp³-hybridized carbons (Fsp3) is 0.360. The first-order chi connectivity index (χ1) is 15.9. The van der Waals surface area contributed by atoms with E-state index in [4.69, 9.17) is 0 Å². The molecular formula is C25H27N5O3. The lowest BCUT2D eigenvalue weighted by atomic mass is 10.1. The number of rotatable bonds is 4. The van der Waals surface area contributed by atoms with Crippen LogP contribution < -0.4 is 15.8 Å². The molecule has 170 valence electrons. The first-order valence-electron chi connectivity index (χ1n) is 11.3. The molecule has 0 radical (unpaired) electrons. The van der Waals surface area contributed by atoms with Gasteiger partial charge in [0.05, 0.1) is 29.3 Å². The van der Waals surface area contributed by atoms with Gasteiger partial charge < -0.3 is 15.1 Å². The molecule has 2 unspecified atom stereocenters. The molecule has 8 heteroatoms. The van der Waals surface area contributed by atoms with E-state index in [0.717, 1.165) is 24.3 Å². The summed E-state index contributed by atoms with van der Waals surface area (Å²) in [7, 11) is 0. The van der Waals surface area contributed by atoms with Crippen LogP contribution in [0.25, 0.3) is 10.9 Å². The summed E-state index contributed by atoms with van der Waals surface area (Å²) in [5, 5.41) is 3.59. The second kappa shape index (κ2) is 8.35. The molecule has 33 heavy (non-hydrogen) atoms. The number of aryl methyl sites for hydroxylation is 1. The summed E-state index contributed by atoms with van der Waals surface area (Å²) in [5.74, 6) is -0.0370. The summed E-state index contributed by atoms with van der Waals surface area (Å²) in [6, 6.07) is 13.0. The van der Waals surface area contributed by atoms with Crippen molar-refractivity contribution in [3.8, 4) is 0 Å². The standard InChI is InChI=1S/C25H27N5O3/c1-16-3-5-18(6-4-16)24(32)27-22-14-23(22)30-15-26-21-8-7-19(13-20(21)25(30)33)29-11-9-28(10-12-29)17(2)31/h3-8,13,15,22-23H,9-12,14H2,1-2H3,(H,27,32). The highest BCUT2D eigenvalue weighted by Gasteiger charge is 2.41. The van der Waals surface area contributed by atoms with E-state index in [9.17, 15) is 14.4 Å². The van der Waals surface area contributed by atoms with Crippen LogP contribution in [-0.2, 0) is 4.79 Å². The number of fused-ring (bicyclic) bond motifs is 1. The minimum absolute atomic E-state index is 0.0846. The van der Waals surface area contributed by atoms with Crippen molar-refractivity contribution in [2.75, 3.05) is 31.1 Å². The predicted octanol–water partition coefficient (Wildman–Crippen LogP) is 2.12. The van der Waals surface area contributed by atoms with Crippen LogP contribution in [0.1, 0.15) is 35.3 Å². The third kappa shape index (κ3) is 4.20. The highest BCUT2D eigenvalue weighted by Crippen LogP contribution is 2.35. The molecule has 2 fully saturated rings. The van der Waals surface area contributed by atoms with Crippen LogP contribution in [0, 0.1) is 6.92 Å². The number of anilines is 1. The summed E-state index contributed by atoms with van der Waals surface area (Å²) in [6.07, 6.45) is 2.29. The van der Waals surface area contributed by atoms with E-state index >= 15 is 0 Å². The molecule has 0 spiro atoms. The van der Waals surface area contributed by atoms with Crippen molar-refractivity contribution in [1.82, 2.24) is 19.8 Å². The van der Waals surface area contributed by atoms with E-state index in [1.54, 1.807) is 17.8 Å². The summed E-state index contributed by atoms with van der Waals surface area (Å²) in [4.78, 5) is 45.9. The lowest BCUT2D eigenvalue weighted by molar-refractivity contribution is -0.129. The number of benzene rings is 2. The van der Waals surface area contributed by atoms with Crippen molar-refractivity contribution in [3.63, 3.8) is 0 Å². The van der Waals surface area contributed by atoms with Gasteiger partial charge in [-0.1, -0.05) is 17.7 Å². The smallest absolute Gasteiger partial charge is 0.261 e. The number of carbonyl (C=O) groups is 2. The van der Waals surface area contributed by atoms with Gasteiger partial charge in [0.25, 0.3) is 11.5 Å². The number of amides is 2. The predicted molar refractivity (Wildman–Crippen MR) is 127 cm³/mol. The van der Waals surface area contributed by atoms with Crippen molar-refractivity contribution >= 4 is 28.4 Å². The molecule has 3 aromatic rings. The molecule has 1 aliphatic carbocycles.